The number of ether oxygens (including phenoxy) is 1. The molecule has 0 heterocycles. The van der Waals surface area contributed by atoms with Crippen LogP contribution in [-0.2, 0) is 4.79 Å². The van der Waals surface area contributed by atoms with Gasteiger partial charge in [0.1, 0.15) is 5.75 Å². The second-order valence-corrected chi connectivity index (χ2v) is 5.02. The van der Waals surface area contributed by atoms with Crippen LogP contribution in [0.5, 0.6) is 5.75 Å². The average Bonchev–Trinajstić information content (AvgIpc) is 2.51. The fraction of sp³-hybridized carbons (Fsp3) is 0.529. The molecule has 0 aliphatic rings. The maximum absolute atomic E-state index is 11.5. The Labute approximate surface area is 127 Å². The molecule has 0 bridgehead atoms. The molecule has 4 heteroatoms. The van der Waals surface area contributed by atoms with Crippen LogP contribution in [0.2, 0.25) is 0 Å². The molecule has 0 fully saturated rings. The van der Waals surface area contributed by atoms with Crippen LogP contribution in [0.1, 0.15) is 57.9 Å². The third-order valence-electron chi connectivity index (χ3n) is 3.01. The van der Waals surface area contributed by atoms with E-state index in [0.29, 0.717) is 6.42 Å². The fourth-order valence-electron chi connectivity index (χ4n) is 1.82. The Morgan fingerprint density at radius 3 is 2.57 bits per heavy atom. The molecule has 0 aliphatic heterocycles. The summed E-state index contributed by atoms with van der Waals surface area (Å²) in [6.07, 6.45) is 7.58. The van der Waals surface area contributed by atoms with Crippen LogP contribution in [0.15, 0.2) is 29.4 Å². The number of hydrogen-bond acceptors (Lipinski definition) is 3. The number of nitrogens with one attached hydrogen (secondary N) is 1. The van der Waals surface area contributed by atoms with Crippen molar-refractivity contribution >= 4 is 12.1 Å². The third-order valence-corrected chi connectivity index (χ3v) is 3.01. The lowest BCUT2D eigenvalue weighted by atomic mass is 10.1. The van der Waals surface area contributed by atoms with Gasteiger partial charge in [0.15, 0.2) is 0 Å². The highest BCUT2D eigenvalue weighted by molar-refractivity contribution is 5.82. The van der Waals surface area contributed by atoms with Crippen LogP contribution < -0.4 is 10.2 Å². The van der Waals surface area contributed by atoms with Gasteiger partial charge in [-0.15, -0.1) is 0 Å². The summed E-state index contributed by atoms with van der Waals surface area (Å²) in [6.45, 7) is 4.95. The molecular weight excluding hydrogens is 264 g/mol. The van der Waals surface area contributed by atoms with Crippen LogP contribution in [0.3, 0.4) is 0 Å². The predicted octanol–water partition coefficient (Wildman–Crippen LogP) is 3.90. The molecule has 0 saturated carbocycles. The van der Waals surface area contributed by atoms with Crippen molar-refractivity contribution < 1.29 is 9.53 Å². The Bertz CT molecular complexity index is 427. The van der Waals surface area contributed by atoms with E-state index in [-0.39, 0.29) is 5.91 Å². The van der Waals surface area contributed by atoms with Gasteiger partial charge in [0.2, 0.25) is 5.91 Å². The largest absolute Gasteiger partial charge is 0.494 e. The first-order valence-electron chi connectivity index (χ1n) is 7.81. The number of carbonyl (C=O) groups excluding carboxylic acids is 1. The minimum Gasteiger partial charge on any atom is -0.494 e. The van der Waals surface area contributed by atoms with Crippen LogP contribution in [0, 0.1) is 0 Å². The first-order chi connectivity index (χ1) is 10.3. The molecule has 1 aromatic carbocycles. The summed E-state index contributed by atoms with van der Waals surface area (Å²) in [5.74, 6) is 0.833. The second-order valence-electron chi connectivity index (χ2n) is 5.02. The molecule has 0 saturated heterocycles. The van der Waals surface area contributed by atoms with Gasteiger partial charge in [0.05, 0.1) is 12.8 Å². The minimum atomic E-state index is -0.0229. The number of benzene rings is 1. The van der Waals surface area contributed by atoms with Gasteiger partial charge in [-0.3, -0.25) is 4.79 Å². The Hall–Kier alpha value is -1.84. The maximum Gasteiger partial charge on any atom is 0.240 e. The summed E-state index contributed by atoms with van der Waals surface area (Å²) < 4.78 is 5.50. The van der Waals surface area contributed by atoms with Gasteiger partial charge < -0.3 is 4.74 Å². The van der Waals surface area contributed by atoms with Gasteiger partial charge in [0, 0.05) is 6.42 Å². The molecule has 1 amide bonds. The lowest BCUT2D eigenvalue weighted by Crippen LogP contribution is -2.16. The quantitative estimate of drug-likeness (QED) is 0.404. The number of hydrazone groups is 1. The summed E-state index contributed by atoms with van der Waals surface area (Å²) in [4.78, 5) is 11.5. The minimum absolute atomic E-state index is 0.0229. The van der Waals surface area contributed by atoms with Crippen LogP contribution in [-0.4, -0.2) is 18.7 Å². The molecule has 0 aromatic heterocycles. The zero-order valence-corrected chi connectivity index (χ0v) is 13.1. The van der Waals surface area contributed by atoms with Crippen molar-refractivity contribution in [3.8, 4) is 5.75 Å². The summed E-state index contributed by atoms with van der Waals surface area (Å²) >= 11 is 0. The standard InChI is InChI=1S/C17H26N2O2/c1-3-5-6-7-8-17(20)19-18-14-15-9-11-16(12-10-15)21-13-4-2/h9-12,14H,3-8,13H2,1-2H3,(H,19,20). The number of carbonyl (C=O) groups is 1. The SMILES string of the molecule is CCCCCCC(=O)NN=Cc1ccc(OCCC)cc1. The predicted molar refractivity (Wildman–Crippen MR) is 86.7 cm³/mol. The Kier molecular flexibility index (Phi) is 8.93. The van der Waals surface area contributed by atoms with Crippen LogP contribution in [0.25, 0.3) is 0 Å². The monoisotopic (exact) mass is 290 g/mol. The highest BCUT2D eigenvalue weighted by Crippen LogP contribution is 2.11. The molecule has 1 rings (SSSR count). The number of hydrogen-bond donors (Lipinski definition) is 1. The molecule has 1 aromatic rings. The number of unbranched alkanes of at least 4 members (excludes halogenated alkanes) is 3. The first kappa shape index (κ1) is 17.2. The lowest BCUT2D eigenvalue weighted by Gasteiger charge is -2.04. The van der Waals surface area contributed by atoms with Gasteiger partial charge in [-0.2, -0.15) is 5.10 Å². The molecule has 4 nitrogen and oxygen atoms in total. The van der Waals surface area contributed by atoms with E-state index in [4.69, 9.17) is 4.74 Å². The molecule has 0 unspecified atom stereocenters. The molecule has 0 aliphatic carbocycles. The van der Waals surface area contributed by atoms with E-state index in [0.717, 1.165) is 37.2 Å². The lowest BCUT2D eigenvalue weighted by molar-refractivity contribution is -0.121. The zero-order chi connectivity index (χ0) is 15.3. The normalized spacial score (nSPS) is 10.8. The fourth-order valence-corrected chi connectivity index (χ4v) is 1.82. The average molecular weight is 290 g/mol. The van der Waals surface area contributed by atoms with Crippen molar-refractivity contribution in [3.05, 3.63) is 29.8 Å². The van der Waals surface area contributed by atoms with Gasteiger partial charge in [-0.05, 0) is 42.7 Å². The van der Waals surface area contributed by atoms with Crippen molar-refractivity contribution in [2.75, 3.05) is 6.61 Å². The molecular formula is C17H26N2O2. The van der Waals surface area contributed by atoms with E-state index < -0.39 is 0 Å². The van der Waals surface area contributed by atoms with Crippen molar-refractivity contribution in [2.45, 2.75) is 52.4 Å². The van der Waals surface area contributed by atoms with E-state index in [1.807, 2.05) is 24.3 Å². The van der Waals surface area contributed by atoms with E-state index in [2.05, 4.69) is 24.4 Å². The van der Waals surface area contributed by atoms with Crippen molar-refractivity contribution in [1.29, 1.82) is 0 Å². The zero-order valence-electron chi connectivity index (χ0n) is 13.1. The van der Waals surface area contributed by atoms with E-state index >= 15 is 0 Å². The van der Waals surface area contributed by atoms with Crippen molar-refractivity contribution in [2.24, 2.45) is 5.10 Å². The topological polar surface area (TPSA) is 50.7 Å². The first-order valence-corrected chi connectivity index (χ1v) is 7.81. The highest BCUT2D eigenvalue weighted by atomic mass is 16.5. The summed E-state index contributed by atoms with van der Waals surface area (Å²) in [5.41, 5.74) is 3.49. The third kappa shape index (κ3) is 8.12. The number of nitrogens with zero attached hydrogens (tertiary/aromatic N) is 1. The molecule has 0 radical (unpaired) electrons. The molecule has 0 spiro atoms. The van der Waals surface area contributed by atoms with Gasteiger partial charge >= 0.3 is 0 Å². The van der Waals surface area contributed by atoms with Crippen molar-refractivity contribution in [3.63, 3.8) is 0 Å². The van der Waals surface area contributed by atoms with Crippen molar-refractivity contribution in [1.82, 2.24) is 5.43 Å². The Morgan fingerprint density at radius 2 is 1.90 bits per heavy atom. The highest BCUT2D eigenvalue weighted by Gasteiger charge is 1.98. The molecule has 1 N–H and O–H groups in total. The second kappa shape index (κ2) is 10.9. The Morgan fingerprint density at radius 1 is 1.14 bits per heavy atom. The van der Waals surface area contributed by atoms with E-state index in [1.54, 1.807) is 6.21 Å². The summed E-state index contributed by atoms with van der Waals surface area (Å²) in [6, 6.07) is 7.65. The van der Waals surface area contributed by atoms with E-state index in [1.165, 1.54) is 12.8 Å². The number of amides is 1. The maximum atomic E-state index is 11.5. The van der Waals surface area contributed by atoms with Crippen LogP contribution in [0.4, 0.5) is 0 Å². The summed E-state index contributed by atoms with van der Waals surface area (Å²) in [5, 5.41) is 3.97. The summed E-state index contributed by atoms with van der Waals surface area (Å²) in [7, 11) is 0. The van der Waals surface area contributed by atoms with Gasteiger partial charge in [0.25, 0.3) is 0 Å². The molecule has 0 atom stereocenters. The molecule has 21 heavy (non-hydrogen) atoms. The van der Waals surface area contributed by atoms with E-state index in [9.17, 15) is 4.79 Å². The van der Waals surface area contributed by atoms with Gasteiger partial charge in [-0.1, -0.05) is 33.1 Å². The van der Waals surface area contributed by atoms with Gasteiger partial charge in [-0.25, -0.2) is 5.43 Å². The smallest absolute Gasteiger partial charge is 0.240 e. The van der Waals surface area contributed by atoms with Crippen LogP contribution >= 0.6 is 0 Å². The molecule has 116 valence electrons. The Balaban J connectivity index is 2.27. The number of rotatable bonds is 10.